The normalized spacial score (nSPS) is 23.0. The first kappa shape index (κ1) is 15.3. The average molecular weight is 322 g/mol. The van der Waals surface area contributed by atoms with Crippen LogP contribution in [0.4, 0.5) is 0 Å². The minimum atomic E-state index is 0.167. The third-order valence-corrected chi connectivity index (χ3v) is 4.69. The lowest BCUT2D eigenvalue weighted by Gasteiger charge is -2.16. The molecule has 2 aliphatic rings. The molecule has 0 unspecified atom stereocenters. The molecule has 0 N–H and O–H groups in total. The van der Waals surface area contributed by atoms with Crippen molar-refractivity contribution in [2.24, 2.45) is 11.1 Å². The summed E-state index contributed by atoms with van der Waals surface area (Å²) in [6.45, 7) is 4.88. The van der Waals surface area contributed by atoms with Crippen molar-refractivity contribution < 1.29 is 4.84 Å². The molecule has 1 aromatic heterocycles. The van der Waals surface area contributed by atoms with Crippen molar-refractivity contribution in [1.82, 2.24) is 14.9 Å². The van der Waals surface area contributed by atoms with Gasteiger partial charge in [-0.15, -0.1) is 0 Å². The fraction of sp³-hybridized carbons (Fsp3) is 0.421. The van der Waals surface area contributed by atoms with Crippen molar-refractivity contribution in [3.05, 3.63) is 59.7 Å². The van der Waals surface area contributed by atoms with Gasteiger partial charge in [0.1, 0.15) is 11.9 Å². The van der Waals surface area contributed by atoms with Crippen LogP contribution >= 0.6 is 0 Å². The molecule has 0 saturated carbocycles. The number of benzene rings is 1. The highest BCUT2D eigenvalue weighted by Crippen LogP contribution is 2.30. The lowest BCUT2D eigenvalue weighted by molar-refractivity contribution is 0.0745. The molecule has 5 heteroatoms. The van der Waals surface area contributed by atoms with E-state index in [4.69, 9.17) is 4.84 Å². The Hall–Kier alpha value is -2.27. The van der Waals surface area contributed by atoms with E-state index in [1.807, 2.05) is 30.6 Å². The Labute approximate surface area is 142 Å². The van der Waals surface area contributed by atoms with Crippen LogP contribution in [-0.2, 0) is 17.8 Å². The summed E-state index contributed by atoms with van der Waals surface area (Å²) in [6.07, 6.45) is 6.10. The van der Waals surface area contributed by atoms with Crippen molar-refractivity contribution in [2.45, 2.75) is 32.4 Å². The number of hydrogen-bond acceptors (Lipinski definition) is 5. The van der Waals surface area contributed by atoms with Gasteiger partial charge >= 0.3 is 0 Å². The van der Waals surface area contributed by atoms with Gasteiger partial charge in [-0.2, -0.15) is 0 Å². The van der Waals surface area contributed by atoms with Crippen molar-refractivity contribution in [1.29, 1.82) is 0 Å². The Bertz CT molecular complexity index is 714. The van der Waals surface area contributed by atoms with Gasteiger partial charge in [0.15, 0.2) is 0 Å². The highest BCUT2D eigenvalue weighted by molar-refractivity contribution is 6.03. The quantitative estimate of drug-likeness (QED) is 0.849. The van der Waals surface area contributed by atoms with E-state index in [0.29, 0.717) is 5.92 Å². The summed E-state index contributed by atoms with van der Waals surface area (Å²) in [5.41, 5.74) is 3.41. The molecule has 2 aliphatic heterocycles. The summed E-state index contributed by atoms with van der Waals surface area (Å²) in [4.78, 5) is 17.0. The second kappa shape index (κ2) is 6.69. The van der Waals surface area contributed by atoms with Crippen LogP contribution < -0.4 is 0 Å². The van der Waals surface area contributed by atoms with Gasteiger partial charge < -0.3 is 4.84 Å². The summed E-state index contributed by atoms with van der Waals surface area (Å²) < 4.78 is 0. The number of fused-ring (bicyclic) bond motifs is 1. The van der Waals surface area contributed by atoms with E-state index in [1.54, 1.807) is 0 Å². The maximum absolute atomic E-state index is 5.68. The van der Waals surface area contributed by atoms with Crippen molar-refractivity contribution in [3.8, 4) is 0 Å². The molecule has 0 spiro atoms. The number of aromatic nitrogens is 2. The van der Waals surface area contributed by atoms with Gasteiger partial charge in [-0.05, 0) is 12.0 Å². The summed E-state index contributed by atoms with van der Waals surface area (Å²) in [6, 6.07) is 10.3. The summed E-state index contributed by atoms with van der Waals surface area (Å²) in [5, 5.41) is 4.33. The van der Waals surface area contributed by atoms with Crippen LogP contribution in [0.5, 0.6) is 0 Å². The molecule has 124 valence electrons. The SMILES string of the molecule is CCCc1ncc(CN2C[C@@H]3ON=C(c4ccccc4)[C@@H]3C2)cn1. The monoisotopic (exact) mass is 322 g/mol. The Balaban J connectivity index is 1.41. The number of aryl methyl sites for hydroxylation is 1. The molecule has 0 radical (unpaired) electrons. The van der Waals surface area contributed by atoms with Gasteiger partial charge in [0.05, 0.1) is 11.6 Å². The van der Waals surface area contributed by atoms with E-state index in [0.717, 1.165) is 49.6 Å². The molecule has 0 aliphatic carbocycles. The minimum absolute atomic E-state index is 0.167. The predicted octanol–water partition coefficient (Wildman–Crippen LogP) is 2.66. The molecule has 1 fully saturated rings. The fourth-order valence-electron chi connectivity index (χ4n) is 3.49. The molecule has 3 heterocycles. The van der Waals surface area contributed by atoms with Crippen LogP contribution in [0, 0.1) is 5.92 Å². The second-order valence-corrected chi connectivity index (χ2v) is 6.54. The maximum Gasteiger partial charge on any atom is 0.149 e. The zero-order valence-electron chi connectivity index (χ0n) is 13.9. The topological polar surface area (TPSA) is 50.6 Å². The Kier molecular flexibility index (Phi) is 4.26. The zero-order chi connectivity index (χ0) is 16.4. The molecule has 24 heavy (non-hydrogen) atoms. The maximum atomic E-state index is 5.68. The third kappa shape index (κ3) is 3.04. The summed E-state index contributed by atoms with van der Waals surface area (Å²) in [7, 11) is 0. The van der Waals surface area contributed by atoms with Gasteiger partial charge in [0, 0.05) is 44.0 Å². The van der Waals surface area contributed by atoms with Crippen LogP contribution in [0.1, 0.15) is 30.3 Å². The molecule has 1 aromatic carbocycles. The van der Waals surface area contributed by atoms with E-state index in [-0.39, 0.29) is 6.10 Å². The van der Waals surface area contributed by atoms with Crippen molar-refractivity contribution in [2.75, 3.05) is 13.1 Å². The first-order chi connectivity index (χ1) is 11.8. The second-order valence-electron chi connectivity index (χ2n) is 6.54. The van der Waals surface area contributed by atoms with Gasteiger partial charge in [-0.25, -0.2) is 9.97 Å². The van der Waals surface area contributed by atoms with Crippen LogP contribution in [0.3, 0.4) is 0 Å². The van der Waals surface area contributed by atoms with E-state index in [9.17, 15) is 0 Å². The molecule has 0 amide bonds. The average Bonchev–Trinajstić information content (AvgIpc) is 3.18. The van der Waals surface area contributed by atoms with Crippen molar-refractivity contribution in [3.63, 3.8) is 0 Å². The van der Waals surface area contributed by atoms with E-state index in [2.05, 4.69) is 39.1 Å². The summed E-state index contributed by atoms with van der Waals surface area (Å²) >= 11 is 0. The van der Waals surface area contributed by atoms with Crippen LogP contribution in [0.25, 0.3) is 0 Å². The van der Waals surface area contributed by atoms with Gasteiger partial charge in [0.2, 0.25) is 0 Å². The smallest absolute Gasteiger partial charge is 0.149 e. The molecule has 2 atom stereocenters. The standard InChI is InChI=1S/C19H22N4O/c1-2-6-18-20-9-14(10-21-18)11-23-12-16-17(13-23)24-22-19(16)15-7-4-3-5-8-15/h3-5,7-10,16-17H,2,6,11-13H2,1H3/t16-,17+/m1/s1. The van der Waals surface area contributed by atoms with Gasteiger partial charge in [-0.3, -0.25) is 4.90 Å². The van der Waals surface area contributed by atoms with Crippen LogP contribution in [0.15, 0.2) is 47.9 Å². The number of oxime groups is 1. The molecule has 5 nitrogen and oxygen atoms in total. The van der Waals surface area contributed by atoms with Crippen LogP contribution in [-0.4, -0.2) is 39.8 Å². The van der Waals surface area contributed by atoms with Crippen LogP contribution in [0.2, 0.25) is 0 Å². The largest absolute Gasteiger partial charge is 0.390 e. The molecule has 2 aromatic rings. The lowest BCUT2D eigenvalue weighted by Crippen LogP contribution is -2.23. The first-order valence-electron chi connectivity index (χ1n) is 8.64. The van der Waals surface area contributed by atoms with E-state index >= 15 is 0 Å². The Morgan fingerprint density at radius 2 is 1.92 bits per heavy atom. The minimum Gasteiger partial charge on any atom is -0.390 e. The predicted molar refractivity (Wildman–Crippen MR) is 92.6 cm³/mol. The summed E-state index contributed by atoms with van der Waals surface area (Å²) in [5.74, 6) is 1.29. The van der Waals surface area contributed by atoms with E-state index < -0.39 is 0 Å². The zero-order valence-corrected chi connectivity index (χ0v) is 13.9. The molecule has 4 rings (SSSR count). The molecular weight excluding hydrogens is 300 g/mol. The number of rotatable bonds is 5. The lowest BCUT2D eigenvalue weighted by atomic mass is 9.95. The Morgan fingerprint density at radius 3 is 2.67 bits per heavy atom. The third-order valence-electron chi connectivity index (χ3n) is 4.69. The van der Waals surface area contributed by atoms with Crippen molar-refractivity contribution >= 4 is 5.71 Å². The number of likely N-dealkylation sites (tertiary alicyclic amines) is 1. The number of hydrogen-bond donors (Lipinski definition) is 0. The van der Waals surface area contributed by atoms with Gasteiger partial charge in [0.25, 0.3) is 0 Å². The van der Waals surface area contributed by atoms with E-state index in [1.165, 1.54) is 5.56 Å². The molecule has 1 saturated heterocycles. The Morgan fingerprint density at radius 1 is 1.12 bits per heavy atom. The first-order valence-corrected chi connectivity index (χ1v) is 8.64. The number of nitrogens with zero attached hydrogens (tertiary/aromatic N) is 4. The highest BCUT2D eigenvalue weighted by Gasteiger charge is 2.42. The van der Waals surface area contributed by atoms with Gasteiger partial charge in [-0.1, -0.05) is 42.4 Å². The highest BCUT2D eigenvalue weighted by atomic mass is 16.6. The fourth-order valence-corrected chi connectivity index (χ4v) is 3.49. The molecule has 0 bridgehead atoms. The molecular formula is C19H22N4O.